The van der Waals surface area contributed by atoms with Crippen molar-refractivity contribution in [3.63, 3.8) is 0 Å². The van der Waals surface area contributed by atoms with Crippen LogP contribution in [0.1, 0.15) is 83.7 Å². The van der Waals surface area contributed by atoms with Crippen molar-refractivity contribution < 1.29 is 38.2 Å². The Hall–Kier alpha value is -5.90. The standard InChI is InChI=1S/C51H63N7O8/c1-9-42(59)55-23-20-51(28-55)49(63)57(30-66-51)44(31(3)4)46(60)53-40-25-33-14-11-15-34(24-33)35-18-19-41-37(26-35)38(45(56(41)10-2)36-16-12-21-52-43(36)32(5)64-8)27-50(6,7)29-65-48(62)39-17-13-22-58(54-39)47(40)61/h9,11-12,14-16,18-19,21,24,26,31-32,39-40,44,54H,1,10,13,17,20,22-23,25,27-30H2,2-8H3,(H,53,60)/t32-,39-,40-,44?,51?/m0/s1. The van der Waals surface area contributed by atoms with Crippen molar-refractivity contribution in [3.05, 3.63) is 90.3 Å². The number of methoxy groups -OCH3 is 1. The third kappa shape index (κ3) is 8.87. The second kappa shape index (κ2) is 18.8. The molecule has 4 aliphatic heterocycles. The maximum absolute atomic E-state index is 14.7. The van der Waals surface area contributed by atoms with Gasteiger partial charge < -0.3 is 33.9 Å². The van der Waals surface area contributed by atoms with Gasteiger partial charge in [-0.1, -0.05) is 64.6 Å². The summed E-state index contributed by atoms with van der Waals surface area (Å²) >= 11 is 0. The van der Waals surface area contributed by atoms with Crippen LogP contribution in [0, 0.1) is 11.3 Å². The predicted molar refractivity (Wildman–Crippen MR) is 249 cm³/mol. The molecule has 4 aliphatic rings. The van der Waals surface area contributed by atoms with E-state index in [0.717, 1.165) is 50.1 Å². The lowest BCUT2D eigenvalue weighted by Gasteiger charge is -2.36. The van der Waals surface area contributed by atoms with Crippen molar-refractivity contribution in [3.8, 4) is 22.4 Å². The number of hydrazine groups is 1. The normalized spacial score (nSPS) is 23.3. The van der Waals surface area contributed by atoms with Gasteiger partial charge in [0, 0.05) is 67.7 Å². The number of hydrogen-bond acceptors (Lipinski definition) is 10. The minimum absolute atomic E-state index is 0.0672. The Morgan fingerprint density at radius 1 is 1.06 bits per heavy atom. The van der Waals surface area contributed by atoms with Crippen LogP contribution in [-0.4, -0.2) is 118 Å². The van der Waals surface area contributed by atoms with E-state index in [4.69, 9.17) is 19.2 Å². The molecule has 2 unspecified atom stereocenters. The minimum atomic E-state index is -1.26. The van der Waals surface area contributed by atoms with E-state index >= 15 is 0 Å². The highest BCUT2D eigenvalue weighted by Crippen LogP contribution is 2.42. The number of amides is 4. The molecule has 6 bridgehead atoms. The van der Waals surface area contributed by atoms with E-state index in [2.05, 4.69) is 73.0 Å². The Morgan fingerprint density at radius 2 is 1.85 bits per heavy atom. The van der Waals surface area contributed by atoms with Crippen molar-refractivity contribution in [2.75, 3.05) is 40.1 Å². The summed E-state index contributed by atoms with van der Waals surface area (Å²) in [6.07, 6.45) is 4.76. The van der Waals surface area contributed by atoms with Crippen molar-refractivity contribution >= 4 is 40.5 Å². The van der Waals surface area contributed by atoms with Crippen LogP contribution in [-0.2, 0) is 57.6 Å². The molecule has 4 aromatic rings. The fraction of sp³-hybridized carbons (Fsp3) is 0.490. The lowest BCUT2D eigenvalue weighted by atomic mass is 9.84. The van der Waals surface area contributed by atoms with Crippen molar-refractivity contribution in [2.45, 2.75) is 110 Å². The van der Waals surface area contributed by atoms with Gasteiger partial charge in [-0.25, -0.2) is 5.43 Å². The van der Waals surface area contributed by atoms with Crippen molar-refractivity contribution in [1.29, 1.82) is 0 Å². The highest BCUT2D eigenvalue weighted by molar-refractivity contribution is 5.97. The van der Waals surface area contributed by atoms with Gasteiger partial charge in [-0.05, 0) is 91.6 Å². The molecule has 15 nitrogen and oxygen atoms in total. The molecule has 0 radical (unpaired) electrons. The summed E-state index contributed by atoms with van der Waals surface area (Å²) in [7, 11) is 1.69. The topological polar surface area (TPSA) is 165 Å². The summed E-state index contributed by atoms with van der Waals surface area (Å²) in [5, 5.41) is 5.55. The summed E-state index contributed by atoms with van der Waals surface area (Å²) < 4.78 is 20.4. The number of nitrogens with one attached hydrogen (secondary N) is 2. The first-order chi connectivity index (χ1) is 31.6. The molecule has 15 heteroatoms. The van der Waals surface area contributed by atoms with Crippen LogP contribution >= 0.6 is 0 Å². The van der Waals surface area contributed by atoms with Crippen LogP contribution in [0.2, 0.25) is 0 Å². The third-order valence-corrected chi connectivity index (χ3v) is 13.7. The van der Waals surface area contributed by atoms with Gasteiger partial charge in [0.25, 0.3) is 11.8 Å². The van der Waals surface area contributed by atoms with E-state index in [1.165, 1.54) is 20.9 Å². The fourth-order valence-corrected chi connectivity index (χ4v) is 10.2. The van der Waals surface area contributed by atoms with Crippen LogP contribution in [0.25, 0.3) is 33.3 Å². The predicted octanol–water partition coefficient (Wildman–Crippen LogP) is 5.74. The first-order valence-corrected chi connectivity index (χ1v) is 23.2. The number of ether oxygens (including phenoxy) is 3. The van der Waals surface area contributed by atoms with E-state index in [1.54, 1.807) is 13.3 Å². The molecule has 5 atom stereocenters. The van der Waals surface area contributed by atoms with Gasteiger partial charge in [-0.15, -0.1) is 0 Å². The highest BCUT2D eigenvalue weighted by Gasteiger charge is 2.56. The van der Waals surface area contributed by atoms with Gasteiger partial charge in [-0.2, -0.15) is 0 Å². The number of carbonyl (C=O) groups is 5. The van der Waals surface area contributed by atoms with E-state index in [9.17, 15) is 24.0 Å². The monoisotopic (exact) mass is 901 g/mol. The molecule has 8 rings (SSSR count). The Morgan fingerprint density at radius 3 is 2.59 bits per heavy atom. The molecule has 0 aliphatic carbocycles. The second-order valence-corrected chi connectivity index (χ2v) is 19.3. The molecule has 6 heterocycles. The number of esters is 1. The van der Waals surface area contributed by atoms with E-state index in [-0.39, 0.29) is 50.1 Å². The molecular formula is C51H63N7O8. The SMILES string of the molecule is C=CC(=O)N1CCC2(C1)OCN(C(C(=O)N[C@H]1Cc3cccc(c3)-c3ccc4c(c3)c(c(-c3cccnc3[C@H](C)OC)n4CC)CC(C)(C)COC(=O)[C@@H]3CCCN(N3)C1=O)C(C)C)C2=O. The lowest BCUT2D eigenvalue weighted by molar-refractivity contribution is -0.155. The third-order valence-electron chi connectivity index (χ3n) is 13.7. The van der Waals surface area contributed by atoms with E-state index in [1.807, 2.05) is 45.0 Å². The van der Waals surface area contributed by atoms with Crippen LogP contribution < -0.4 is 10.7 Å². The first kappa shape index (κ1) is 46.6. The number of hydrogen-bond donors (Lipinski definition) is 2. The van der Waals surface area contributed by atoms with Crippen LogP contribution in [0.4, 0.5) is 0 Å². The lowest BCUT2D eigenvalue weighted by Crippen LogP contribution is -2.62. The fourth-order valence-electron chi connectivity index (χ4n) is 10.2. The van der Waals surface area contributed by atoms with Gasteiger partial charge in [0.05, 0.1) is 30.6 Å². The molecule has 0 saturated carbocycles. The summed E-state index contributed by atoms with van der Waals surface area (Å²) in [5.41, 5.74) is 9.15. The molecular weight excluding hydrogens is 839 g/mol. The molecule has 2 aromatic heterocycles. The molecule has 350 valence electrons. The zero-order valence-corrected chi connectivity index (χ0v) is 39.2. The number of cyclic esters (lactones) is 1. The van der Waals surface area contributed by atoms with Gasteiger partial charge >= 0.3 is 5.97 Å². The largest absolute Gasteiger partial charge is 0.464 e. The van der Waals surface area contributed by atoms with Crippen molar-refractivity contribution in [2.24, 2.45) is 11.3 Å². The van der Waals surface area contributed by atoms with Crippen LogP contribution in [0.5, 0.6) is 0 Å². The quantitative estimate of drug-likeness (QED) is 0.156. The number of nitrogens with zero attached hydrogens (tertiary/aromatic N) is 5. The second-order valence-electron chi connectivity index (χ2n) is 19.3. The van der Waals surface area contributed by atoms with Crippen molar-refractivity contribution in [1.82, 2.24) is 35.1 Å². The summed E-state index contributed by atoms with van der Waals surface area (Å²) in [6, 6.07) is 15.7. The van der Waals surface area contributed by atoms with E-state index in [0.29, 0.717) is 45.3 Å². The number of fused-ring (bicyclic) bond motifs is 6. The summed E-state index contributed by atoms with van der Waals surface area (Å²) in [5.74, 6) is -2.39. The summed E-state index contributed by atoms with van der Waals surface area (Å²) in [4.78, 5) is 77.7. The maximum atomic E-state index is 14.7. The Labute approximate surface area is 386 Å². The van der Waals surface area contributed by atoms with Gasteiger partial charge in [-0.3, -0.25) is 34.0 Å². The first-order valence-electron chi connectivity index (χ1n) is 23.2. The van der Waals surface area contributed by atoms with Gasteiger partial charge in [0.1, 0.15) is 24.9 Å². The Kier molecular flexibility index (Phi) is 13.3. The van der Waals surface area contributed by atoms with Crippen LogP contribution in [0.3, 0.4) is 0 Å². The number of benzene rings is 2. The number of pyridine rings is 1. The number of likely N-dealkylation sites (tertiary alicyclic amines) is 1. The zero-order chi connectivity index (χ0) is 47.1. The van der Waals surface area contributed by atoms with Gasteiger partial charge in [0.2, 0.25) is 11.8 Å². The number of aromatic nitrogens is 2. The van der Waals surface area contributed by atoms with Gasteiger partial charge in [0.15, 0.2) is 5.60 Å². The number of aryl methyl sites for hydroxylation is 1. The maximum Gasteiger partial charge on any atom is 0.324 e. The average Bonchev–Trinajstić information content (AvgIpc) is 3.99. The number of rotatable bonds is 9. The minimum Gasteiger partial charge on any atom is -0.464 e. The van der Waals surface area contributed by atoms with E-state index < -0.39 is 46.9 Å². The molecule has 3 fully saturated rings. The molecule has 66 heavy (non-hydrogen) atoms. The average molecular weight is 902 g/mol. The highest BCUT2D eigenvalue weighted by atomic mass is 16.5. The molecule has 1 spiro atoms. The molecule has 2 aromatic carbocycles. The zero-order valence-electron chi connectivity index (χ0n) is 39.2. The molecule has 2 N–H and O–H groups in total. The smallest absolute Gasteiger partial charge is 0.324 e. The molecule has 4 amide bonds. The Balaban J connectivity index is 1.18. The summed E-state index contributed by atoms with van der Waals surface area (Å²) in [6.45, 7) is 17.0. The number of carbonyl (C=O) groups excluding carboxylic acids is 5. The Bertz CT molecular complexity index is 2550. The van der Waals surface area contributed by atoms with Crippen LogP contribution in [0.15, 0.2) is 73.4 Å². The molecule has 3 saturated heterocycles.